The molecule has 1 aromatic rings. The van der Waals surface area contributed by atoms with E-state index in [4.69, 9.17) is 10.7 Å². The van der Waals surface area contributed by atoms with Gasteiger partial charge < -0.3 is 0 Å². The minimum Gasteiger partial charge on any atom is -0.212 e. The summed E-state index contributed by atoms with van der Waals surface area (Å²) in [6.45, 7) is 0. The molecule has 0 fully saturated rings. The van der Waals surface area contributed by atoms with Crippen molar-refractivity contribution in [1.29, 1.82) is 0 Å². The summed E-state index contributed by atoms with van der Waals surface area (Å²) >= 11 is 0. The normalized spacial score (nSPS) is 11.4. The lowest BCUT2D eigenvalue weighted by atomic mass is 10.2. The molecule has 0 bridgehead atoms. The van der Waals surface area contributed by atoms with Crippen molar-refractivity contribution in [2.45, 2.75) is 5.75 Å². The lowest BCUT2D eigenvalue weighted by molar-refractivity contribution is 0.609. The molecule has 0 unspecified atom stereocenters. The van der Waals surface area contributed by atoms with Gasteiger partial charge in [-0.3, -0.25) is 0 Å². The molecule has 1 radical (unpaired) electrons. The maximum Gasteiger partial charge on any atom is 0.236 e. The Morgan fingerprint density at radius 2 is 1.91 bits per heavy atom. The number of halogens is 1. The molecule has 0 spiro atoms. The quantitative estimate of drug-likeness (QED) is 0.662. The summed E-state index contributed by atoms with van der Waals surface area (Å²) in [5.41, 5.74) is 0.679. The first-order chi connectivity index (χ1) is 5.08. The summed E-state index contributed by atoms with van der Waals surface area (Å²) in [5, 5.41) is 0. The van der Waals surface area contributed by atoms with Gasteiger partial charge in [0, 0.05) is 10.7 Å². The topological polar surface area (TPSA) is 34.1 Å². The van der Waals surface area contributed by atoms with Gasteiger partial charge in [0.25, 0.3) is 0 Å². The van der Waals surface area contributed by atoms with Crippen molar-refractivity contribution in [1.82, 2.24) is 0 Å². The molecular formula is C7H6ClO2S. The lowest BCUT2D eigenvalue weighted by Crippen LogP contribution is -1.93. The van der Waals surface area contributed by atoms with Gasteiger partial charge >= 0.3 is 0 Å². The third-order valence-corrected chi connectivity index (χ3v) is 2.13. The zero-order chi connectivity index (χ0) is 8.32. The minimum absolute atomic E-state index is 0.122. The van der Waals surface area contributed by atoms with Crippen molar-refractivity contribution >= 4 is 19.7 Å². The smallest absolute Gasteiger partial charge is 0.212 e. The Hall–Kier alpha value is -0.540. The Balaban J connectivity index is 2.82. The highest BCUT2D eigenvalue weighted by Crippen LogP contribution is 2.07. The first kappa shape index (κ1) is 8.56. The van der Waals surface area contributed by atoms with Crippen molar-refractivity contribution in [2.24, 2.45) is 0 Å². The van der Waals surface area contributed by atoms with Crippen LogP contribution in [0.25, 0.3) is 0 Å². The molecule has 0 heterocycles. The third kappa shape index (κ3) is 3.39. The van der Waals surface area contributed by atoms with E-state index in [1.54, 1.807) is 24.3 Å². The molecular weight excluding hydrogens is 184 g/mol. The fraction of sp³-hybridized carbons (Fsp3) is 0.143. The average Bonchev–Trinajstić information content (AvgIpc) is 1.85. The van der Waals surface area contributed by atoms with Crippen LogP contribution in [0.2, 0.25) is 0 Å². The van der Waals surface area contributed by atoms with Crippen LogP contribution in [0.5, 0.6) is 0 Å². The molecule has 0 aliphatic carbocycles. The lowest BCUT2D eigenvalue weighted by Gasteiger charge is -1.94. The second kappa shape index (κ2) is 3.24. The van der Waals surface area contributed by atoms with E-state index >= 15 is 0 Å². The van der Waals surface area contributed by atoms with E-state index in [2.05, 4.69) is 6.07 Å². The van der Waals surface area contributed by atoms with Crippen molar-refractivity contribution in [3.8, 4) is 0 Å². The van der Waals surface area contributed by atoms with E-state index in [-0.39, 0.29) is 5.75 Å². The maximum atomic E-state index is 10.6. The molecule has 1 rings (SSSR count). The summed E-state index contributed by atoms with van der Waals surface area (Å²) in [6.07, 6.45) is 0. The van der Waals surface area contributed by atoms with Crippen LogP contribution < -0.4 is 0 Å². The Morgan fingerprint density at radius 1 is 1.36 bits per heavy atom. The zero-order valence-electron chi connectivity index (χ0n) is 5.62. The first-order valence-corrected chi connectivity index (χ1v) is 5.43. The monoisotopic (exact) mass is 189 g/mol. The van der Waals surface area contributed by atoms with Gasteiger partial charge in [0.1, 0.15) is 0 Å². The summed E-state index contributed by atoms with van der Waals surface area (Å²) in [4.78, 5) is 0. The molecule has 0 saturated heterocycles. The van der Waals surface area contributed by atoms with Gasteiger partial charge in [0.15, 0.2) is 0 Å². The second-order valence-electron chi connectivity index (χ2n) is 2.09. The highest BCUT2D eigenvalue weighted by atomic mass is 35.7. The fourth-order valence-corrected chi connectivity index (χ4v) is 1.69. The number of rotatable bonds is 2. The van der Waals surface area contributed by atoms with Crippen LogP contribution in [0.3, 0.4) is 0 Å². The molecule has 2 nitrogen and oxygen atoms in total. The zero-order valence-corrected chi connectivity index (χ0v) is 7.19. The largest absolute Gasteiger partial charge is 0.236 e. The van der Waals surface area contributed by atoms with Gasteiger partial charge in [0.2, 0.25) is 9.05 Å². The molecule has 59 valence electrons. The van der Waals surface area contributed by atoms with Gasteiger partial charge in [-0.1, -0.05) is 24.3 Å². The van der Waals surface area contributed by atoms with Crippen molar-refractivity contribution in [2.75, 3.05) is 0 Å². The van der Waals surface area contributed by atoms with Crippen LogP contribution in [0, 0.1) is 6.07 Å². The molecule has 4 heteroatoms. The van der Waals surface area contributed by atoms with Crippen LogP contribution in [0.15, 0.2) is 24.3 Å². The van der Waals surface area contributed by atoms with Crippen LogP contribution in [0.4, 0.5) is 0 Å². The molecule has 0 aromatic heterocycles. The van der Waals surface area contributed by atoms with E-state index in [1.165, 1.54) is 0 Å². The van der Waals surface area contributed by atoms with Crippen molar-refractivity contribution < 1.29 is 8.42 Å². The average molecular weight is 190 g/mol. The van der Waals surface area contributed by atoms with E-state index in [0.717, 1.165) is 0 Å². The molecule has 0 atom stereocenters. The standard InChI is InChI=1S/C7H6ClO2S/c8-11(9,10)6-7-4-2-1-3-5-7/h2-5H,6H2. The highest BCUT2D eigenvalue weighted by molar-refractivity contribution is 8.13. The highest BCUT2D eigenvalue weighted by Gasteiger charge is 2.05. The van der Waals surface area contributed by atoms with Crippen LogP contribution in [-0.2, 0) is 14.8 Å². The van der Waals surface area contributed by atoms with Gasteiger partial charge in [-0.05, 0) is 11.6 Å². The van der Waals surface area contributed by atoms with E-state index in [9.17, 15) is 8.42 Å². The van der Waals surface area contributed by atoms with Gasteiger partial charge in [-0.15, -0.1) is 0 Å². The Kier molecular flexibility index (Phi) is 2.52. The van der Waals surface area contributed by atoms with Crippen LogP contribution >= 0.6 is 10.7 Å². The van der Waals surface area contributed by atoms with Crippen LogP contribution in [0.1, 0.15) is 5.56 Å². The van der Waals surface area contributed by atoms with Gasteiger partial charge in [0.05, 0.1) is 5.75 Å². The summed E-state index contributed by atoms with van der Waals surface area (Å²) < 4.78 is 21.1. The Labute approximate surface area is 70.2 Å². The number of hydrogen-bond donors (Lipinski definition) is 0. The summed E-state index contributed by atoms with van der Waals surface area (Å²) in [7, 11) is 1.61. The molecule has 0 saturated carbocycles. The predicted molar refractivity (Wildman–Crippen MR) is 43.8 cm³/mol. The molecule has 11 heavy (non-hydrogen) atoms. The second-order valence-corrected chi connectivity index (χ2v) is 4.87. The SMILES string of the molecule is O=S(=O)(Cl)Cc1cc[c]cc1. The Bertz CT molecular complexity index is 318. The third-order valence-electron chi connectivity index (χ3n) is 1.13. The van der Waals surface area contributed by atoms with Gasteiger partial charge in [-0.25, -0.2) is 8.42 Å². The molecule has 0 aliphatic heterocycles. The van der Waals surface area contributed by atoms with E-state index < -0.39 is 9.05 Å². The fourth-order valence-electron chi connectivity index (χ4n) is 0.717. The van der Waals surface area contributed by atoms with Crippen LogP contribution in [-0.4, -0.2) is 8.42 Å². The van der Waals surface area contributed by atoms with Crippen molar-refractivity contribution in [3.05, 3.63) is 35.9 Å². The first-order valence-electron chi connectivity index (χ1n) is 2.95. The van der Waals surface area contributed by atoms with Gasteiger partial charge in [-0.2, -0.15) is 0 Å². The predicted octanol–water partition coefficient (Wildman–Crippen LogP) is 1.56. The maximum absolute atomic E-state index is 10.6. The Morgan fingerprint density at radius 3 is 2.36 bits per heavy atom. The minimum atomic E-state index is -3.42. The summed E-state index contributed by atoms with van der Waals surface area (Å²) in [5.74, 6) is -0.122. The van der Waals surface area contributed by atoms with E-state index in [1.807, 2.05) is 0 Å². The molecule has 0 amide bonds. The summed E-state index contributed by atoms with van der Waals surface area (Å²) in [6, 6.07) is 9.41. The molecule has 0 N–H and O–H groups in total. The molecule has 0 aliphatic rings. The van der Waals surface area contributed by atoms with E-state index in [0.29, 0.717) is 5.56 Å². The number of hydrogen-bond acceptors (Lipinski definition) is 2. The number of benzene rings is 1. The van der Waals surface area contributed by atoms with Crippen molar-refractivity contribution in [3.63, 3.8) is 0 Å². The molecule has 1 aromatic carbocycles.